The second-order valence-corrected chi connectivity index (χ2v) is 4.72. The number of rotatable bonds is 3. The molecule has 1 amide bonds. The van der Waals surface area contributed by atoms with E-state index in [2.05, 4.69) is 26.5 Å². The average Bonchev–Trinajstić information content (AvgIpc) is 3.13. The van der Waals surface area contributed by atoms with Crippen LogP contribution in [0.1, 0.15) is 10.5 Å². The van der Waals surface area contributed by atoms with Gasteiger partial charge in [-0.15, -0.1) is 16.6 Å². The van der Waals surface area contributed by atoms with Crippen molar-refractivity contribution < 1.29 is 4.79 Å². The van der Waals surface area contributed by atoms with E-state index >= 15 is 0 Å². The zero-order valence-corrected chi connectivity index (χ0v) is 11.1. The van der Waals surface area contributed by atoms with Gasteiger partial charge < -0.3 is 5.32 Å². The van der Waals surface area contributed by atoms with Crippen LogP contribution in [0.15, 0.2) is 29.2 Å². The van der Waals surface area contributed by atoms with Crippen LogP contribution < -0.4 is 5.32 Å². The summed E-state index contributed by atoms with van der Waals surface area (Å²) in [5, 5.41) is 18.6. The van der Waals surface area contributed by atoms with Crippen molar-refractivity contribution in [2.24, 2.45) is 0 Å². The number of thiophene rings is 1. The summed E-state index contributed by atoms with van der Waals surface area (Å²) >= 11 is 1.57. The molecule has 1 N–H and O–H groups in total. The molecule has 98 valence electrons. The largest absolute Gasteiger partial charge is 0.340 e. The molecule has 0 bridgehead atoms. The van der Waals surface area contributed by atoms with Crippen molar-refractivity contribution in [3.05, 3.63) is 34.9 Å². The third kappa shape index (κ3) is 2.13. The first-order valence-corrected chi connectivity index (χ1v) is 6.69. The molecule has 0 aromatic carbocycles. The first-order valence-electron chi connectivity index (χ1n) is 5.75. The number of hydrogen-bond acceptors (Lipinski definition) is 5. The van der Waals surface area contributed by atoms with Crippen molar-refractivity contribution in [3.63, 3.8) is 0 Å². The smallest absolute Gasteiger partial charge is 0.272 e. The quantitative estimate of drug-likeness (QED) is 0.733. The molecule has 0 aliphatic carbocycles. The average molecular weight is 283 g/mol. The molecule has 3 aromatic heterocycles. The fraction of sp³-hybridized carbons (Fsp3) is 0.0769. The van der Waals surface area contributed by atoms with E-state index in [1.807, 2.05) is 16.8 Å². The van der Waals surface area contributed by atoms with Crippen LogP contribution in [0.25, 0.3) is 16.8 Å². The summed E-state index contributed by atoms with van der Waals surface area (Å²) in [6, 6.07) is 3.65. The van der Waals surface area contributed by atoms with E-state index in [-0.39, 0.29) is 18.1 Å². The Hall–Kier alpha value is -2.72. The summed E-state index contributed by atoms with van der Waals surface area (Å²) in [7, 11) is 0. The summed E-state index contributed by atoms with van der Waals surface area (Å²) < 4.78 is 1.48. The number of carbonyl (C=O) groups excluding carboxylic acids is 1. The third-order valence-corrected chi connectivity index (χ3v) is 3.37. The minimum Gasteiger partial charge on any atom is -0.340 e. The first-order chi connectivity index (χ1) is 9.79. The molecule has 6 nitrogen and oxygen atoms in total. The molecule has 3 rings (SSSR count). The lowest BCUT2D eigenvalue weighted by atomic mass is 10.1. The maximum atomic E-state index is 12.0. The molecule has 3 heterocycles. The third-order valence-electron chi connectivity index (χ3n) is 2.68. The van der Waals surface area contributed by atoms with E-state index in [1.54, 1.807) is 17.4 Å². The van der Waals surface area contributed by atoms with E-state index in [0.717, 1.165) is 11.1 Å². The Kier molecular flexibility index (Phi) is 3.15. The Morgan fingerprint density at radius 1 is 1.55 bits per heavy atom. The molecule has 0 radical (unpaired) electrons. The molecule has 0 aliphatic rings. The van der Waals surface area contributed by atoms with E-state index in [4.69, 9.17) is 6.42 Å². The number of amides is 1. The van der Waals surface area contributed by atoms with E-state index < -0.39 is 0 Å². The lowest BCUT2D eigenvalue weighted by Gasteiger charge is -2.05. The lowest BCUT2D eigenvalue weighted by molar-refractivity contribution is 0.0952. The Morgan fingerprint density at radius 2 is 2.45 bits per heavy atom. The van der Waals surface area contributed by atoms with Crippen molar-refractivity contribution in [1.82, 2.24) is 25.1 Å². The fourth-order valence-electron chi connectivity index (χ4n) is 1.79. The molecule has 0 atom stereocenters. The molecular formula is C13H9N5OS. The molecule has 0 fully saturated rings. The van der Waals surface area contributed by atoms with Gasteiger partial charge in [-0.2, -0.15) is 21.0 Å². The Labute approximate surface area is 118 Å². The maximum absolute atomic E-state index is 12.0. The van der Waals surface area contributed by atoms with Gasteiger partial charge in [0.1, 0.15) is 12.0 Å². The van der Waals surface area contributed by atoms with Gasteiger partial charge in [0.15, 0.2) is 5.65 Å². The second kappa shape index (κ2) is 5.11. The SMILES string of the molecule is C#CCNC(=O)c1cc(-c2ccsc2)c2nncn2n1. The second-order valence-electron chi connectivity index (χ2n) is 3.94. The molecule has 20 heavy (non-hydrogen) atoms. The lowest BCUT2D eigenvalue weighted by Crippen LogP contribution is -2.25. The number of fused-ring (bicyclic) bond motifs is 1. The Morgan fingerprint density at radius 3 is 3.20 bits per heavy atom. The highest BCUT2D eigenvalue weighted by molar-refractivity contribution is 7.08. The van der Waals surface area contributed by atoms with Crippen molar-refractivity contribution in [2.75, 3.05) is 6.54 Å². The zero-order valence-electron chi connectivity index (χ0n) is 10.3. The van der Waals surface area contributed by atoms with Gasteiger partial charge in [0, 0.05) is 5.56 Å². The number of aromatic nitrogens is 4. The van der Waals surface area contributed by atoms with E-state index in [1.165, 1.54) is 10.8 Å². The van der Waals surface area contributed by atoms with Gasteiger partial charge in [0.05, 0.1) is 6.54 Å². The van der Waals surface area contributed by atoms with Crippen LogP contribution in [-0.4, -0.2) is 32.3 Å². The van der Waals surface area contributed by atoms with Gasteiger partial charge in [0.2, 0.25) is 0 Å². The summed E-state index contributed by atoms with van der Waals surface area (Å²) in [6.07, 6.45) is 6.59. The van der Waals surface area contributed by atoms with Gasteiger partial charge in [0.25, 0.3) is 5.91 Å². The van der Waals surface area contributed by atoms with Crippen LogP contribution in [0, 0.1) is 12.3 Å². The maximum Gasteiger partial charge on any atom is 0.272 e. The summed E-state index contributed by atoms with van der Waals surface area (Å²) in [6.45, 7) is 0.161. The zero-order chi connectivity index (χ0) is 13.9. The Balaban J connectivity index is 2.12. The van der Waals surface area contributed by atoms with Crippen LogP contribution in [0.2, 0.25) is 0 Å². The van der Waals surface area contributed by atoms with Gasteiger partial charge in [-0.25, -0.2) is 0 Å². The predicted octanol–water partition coefficient (Wildman–Crippen LogP) is 1.22. The minimum atomic E-state index is -0.324. The number of hydrogen-bond donors (Lipinski definition) is 1. The molecule has 0 saturated carbocycles. The molecule has 3 aromatic rings. The highest BCUT2D eigenvalue weighted by Crippen LogP contribution is 2.25. The van der Waals surface area contributed by atoms with Crippen LogP contribution >= 0.6 is 11.3 Å². The van der Waals surface area contributed by atoms with E-state index in [0.29, 0.717) is 5.65 Å². The topological polar surface area (TPSA) is 72.2 Å². The van der Waals surface area contributed by atoms with Gasteiger partial charge in [-0.1, -0.05) is 5.92 Å². The Bertz CT molecular complexity index is 800. The van der Waals surface area contributed by atoms with E-state index in [9.17, 15) is 4.79 Å². The monoisotopic (exact) mass is 283 g/mol. The molecule has 0 aliphatic heterocycles. The van der Waals surface area contributed by atoms with Crippen LogP contribution in [0.4, 0.5) is 0 Å². The van der Waals surface area contributed by atoms with Crippen molar-refractivity contribution in [1.29, 1.82) is 0 Å². The normalized spacial score (nSPS) is 10.3. The molecule has 0 saturated heterocycles. The summed E-state index contributed by atoms with van der Waals surface area (Å²) in [5.41, 5.74) is 2.66. The molecule has 0 unspecified atom stereocenters. The van der Waals surface area contributed by atoms with Crippen molar-refractivity contribution in [3.8, 4) is 23.5 Å². The highest BCUT2D eigenvalue weighted by Gasteiger charge is 2.14. The standard InChI is InChI=1S/C13H9N5OS/c1-2-4-14-13(19)11-6-10(9-3-5-20-7-9)12-16-15-8-18(12)17-11/h1,3,5-8H,4H2,(H,14,19). The predicted molar refractivity (Wildman–Crippen MR) is 75.3 cm³/mol. The minimum absolute atomic E-state index is 0.161. The number of carbonyl (C=O) groups is 1. The van der Waals surface area contributed by atoms with Gasteiger partial charge in [-0.3, -0.25) is 4.79 Å². The molecule has 7 heteroatoms. The highest BCUT2D eigenvalue weighted by atomic mass is 32.1. The van der Waals surface area contributed by atoms with Crippen LogP contribution in [0.3, 0.4) is 0 Å². The molecule has 0 spiro atoms. The summed E-state index contributed by atoms with van der Waals surface area (Å²) in [4.78, 5) is 12.0. The molecular weight excluding hydrogens is 274 g/mol. The first kappa shape index (κ1) is 12.3. The fourth-order valence-corrected chi connectivity index (χ4v) is 2.45. The summed E-state index contributed by atoms with van der Waals surface area (Å²) in [5.74, 6) is 2.03. The number of nitrogens with zero attached hydrogens (tertiary/aromatic N) is 4. The van der Waals surface area contributed by atoms with Crippen molar-refractivity contribution in [2.45, 2.75) is 0 Å². The number of nitrogens with one attached hydrogen (secondary N) is 1. The van der Waals surface area contributed by atoms with Crippen molar-refractivity contribution >= 4 is 22.9 Å². The van der Waals surface area contributed by atoms with Crippen LogP contribution in [-0.2, 0) is 0 Å². The van der Waals surface area contributed by atoms with Gasteiger partial charge >= 0.3 is 0 Å². The van der Waals surface area contributed by atoms with Crippen LogP contribution in [0.5, 0.6) is 0 Å². The van der Waals surface area contributed by atoms with Gasteiger partial charge in [-0.05, 0) is 28.5 Å². The number of terminal acetylenes is 1.